The molecule has 1 aliphatic heterocycles. The van der Waals surface area contributed by atoms with E-state index >= 15 is 0 Å². The zero-order valence-electron chi connectivity index (χ0n) is 18.8. The Labute approximate surface area is 205 Å². The Morgan fingerprint density at radius 1 is 0.914 bits per heavy atom. The molecule has 0 fully saturated rings. The van der Waals surface area contributed by atoms with Crippen LogP contribution < -0.4 is 0 Å². The van der Waals surface area contributed by atoms with Gasteiger partial charge in [0.2, 0.25) is 0 Å². The standard InChI is InChI=1S/C27H21N5O2S/c33-26-17-10-4-5-11-18(17)27(34)32(26)20(14-16-8-2-1-3-9-16)23-29-24-22-19-12-6-7-13-21(19)35-25(22)28-15-31(24)30-23/h1-5,8-11,15,20H,6-7,12-14H2/t20-/m1/s1. The van der Waals surface area contributed by atoms with Gasteiger partial charge in [-0.1, -0.05) is 42.5 Å². The third-order valence-corrected chi connectivity index (χ3v) is 8.22. The molecule has 1 aliphatic carbocycles. The van der Waals surface area contributed by atoms with E-state index in [0.29, 0.717) is 23.4 Å². The quantitative estimate of drug-likeness (QED) is 0.346. The number of aromatic nitrogens is 4. The van der Waals surface area contributed by atoms with Gasteiger partial charge in [-0.25, -0.2) is 14.5 Å². The predicted molar refractivity (Wildman–Crippen MR) is 133 cm³/mol. The van der Waals surface area contributed by atoms with E-state index in [9.17, 15) is 9.59 Å². The number of amides is 2. The number of imide groups is 1. The van der Waals surface area contributed by atoms with Gasteiger partial charge in [0.15, 0.2) is 11.5 Å². The minimum absolute atomic E-state index is 0.304. The van der Waals surface area contributed by atoms with Gasteiger partial charge in [-0.2, -0.15) is 0 Å². The number of nitrogens with zero attached hydrogens (tertiary/aromatic N) is 5. The number of benzene rings is 2. The summed E-state index contributed by atoms with van der Waals surface area (Å²) in [4.78, 5) is 40.2. The molecule has 0 saturated carbocycles. The lowest BCUT2D eigenvalue weighted by Gasteiger charge is -2.24. The van der Waals surface area contributed by atoms with Gasteiger partial charge in [0.25, 0.3) is 11.8 Å². The van der Waals surface area contributed by atoms with Gasteiger partial charge in [0.1, 0.15) is 17.2 Å². The van der Waals surface area contributed by atoms with Crippen LogP contribution in [0, 0.1) is 0 Å². The highest BCUT2D eigenvalue weighted by Gasteiger charge is 2.42. The Kier molecular flexibility index (Phi) is 4.57. The number of hydrogen-bond acceptors (Lipinski definition) is 6. The van der Waals surface area contributed by atoms with Crippen LogP contribution in [0.15, 0.2) is 60.9 Å². The lowest BCUT2D eigenvalue weighted by Crippen LogP contribution is -2.36. The van der Waals surface area contributed by atoms with E-state index in [1.54, 1.807) is 46.4 Å². The van der Waals surface area contributed by atoms with Crippen LogP contribution in [0.2, 0.25) is 0 Å². The molecular formula is C27H21N5O2S. The Morgan fingerprint density at radius 3 is 2.40 bits per heavy atom. The molecule has 8 heteroatoms. The smallest absolute Gasteiger partial charge is 0.262 e. The van der Waals surface area contributed by atoms with Crippen LogP contribution in [0.1, 0.15) is 61.4 Å². The summed E-state index contributed by atoms with van der Waals surface area (Å²) in [7, 11) is 0. The fourth-order valence-electron chi connectivity index (χ4n) is 5.34. The van der Waals surface area contributed by atoms with E-state index < -0.39 is 6.04 Å². The number of hydrogen-bond donors (Lipinski definition) is 0. The van der Waals surface area contributed by atoms with E-state index in [2.05, 4.69) is 4.98 Å². The first-order chi connectivity index (χ1) is 17.2. The molecule has 2 aromatic carbocycles. The zero-order valence-corrected chi connectivity index (χ0v) is 19.7. The highest BCUT2D eigenvalue weighted by molar-refractivity contribution is 7.19. The molecule has 4 heterocycles. The van der Waals surface area contributed by atoms with Crippen LogP contribution in [-0.2, 0) is 19.3 Å². The Morgan fingerprint density at radius 2 is 1.63 bits per heavy atom. The van der Waals surface area contributed by atoms with E-state index in [1.165, 1.54) is 21.8 Å². The van der Waals surface area contributed by atoms with Gasteiger partial charge in [-0.15, -0.1) is 16.4 Å². The second kappa shape index (κ2) is 7.81. The molecule has 0 spiro atoms. The van der Waals surface area contributed by atoms with Crippen molar-refractivity contribution in [2.24, 2.45) is 0 Å². The first-order valence-corrected chi connectivity index (χ1v) is 12.7. The third kappa shape index (κ3) is 3.13. The maximum absolute atomic E-state index is 13.4. The van der Waals surface area contributed by atoms with Crippen LogP contribution in [0.4, 0.5) is 0 Å². The van der Waals surface area contributed by atoms with Gasteiger partial charge in [0.05, 0.1) is 16.5 Å². The van der Waals surface area contributed by atoms with Crippen LogP contribution in [0.3, 0.4) is 0 Å². The summed E-state index contributed by atoms with van der Waals surface area (Å²) in [6.07, 6.45) is 6.58. The van der Waals surface area contributed by atoms with Crippen LogP contribution >= 0.6 is 11.3 Å². The monoisotopic (exact) mass is 479 g/mol. The number of carbonyl (C=O) groups excluding carboxylic acids is 2. The van der Waals surface area contributed by atoms with Crippen LogP contribution in [-0.4, -0.2) is 36.3 Å². The van der Waals surface area contributed by atoms with Crippen molar-refractivity contribution >= 4 is 39.0 Å². The number of thiophene rings is 1. The van der Waals surface area contributed by atoms with Crippen molar-refractivity contribution in [2.75, 3.05) is 0 Å². The molecule has 0 unspecified atom stereocenters. The van der Waals surface area contributed by atoms with Crippen molar-refractivity contribution in [3.05, 3.63) is 93.9 Å². The Hall–Kier alpha value is -3.91. The summed E-state index contributed by atoms with van der Waals surface area (Å²) in [5.41, 5.74) is 3.93. The zero-order chi connectivity index (χ0) is 23.5. The normalized spacial score (nSPS) is 16.2. The molecule has 2 aliphatic rings. The van der Waals surface area contributed by atoms with Crippen LogP contribution in [0.5, 0.6) is 0 Å². The molecule has 7 rings (SSSR count). The average molecular weight is 480 g/mol. The van der Waals surface area contributed by atoms with E-state index in [-0.39, 0.29) is 11.8 Å². The number of aryl methyl sites for hydroxylation is 2. The largest absolute Gasteiger partial charge is 0.269 e. The van der Waals surface area contributed by atoms with Crippen molar-refractivity contribution in [1.82, 2.24) is 24.5 Å². The molecule has 0 bridgehead atoms. The average Bonchev–Trinajstić information content (AvgIpc) is 3.56. The van der Waals surface area contributed by atoms with Gasteiger partial charge in [-0.3, -0.25) is 14.5 Å². The summed E-state index contributed by atoms with van der Waals surface area (Å²) in [5.74, 6) is -0.156. The number of fused-ring (bicyclic) bond motifs is 6. The molecule has 5 aromatic rings. The summed E-state index contributed by atoms with van der Waals surface area (Å²) >= 11 is 1.74. The predicted octanol–water partition coefficient (Wildman–Crippen LogP) is 4.80. The number of carbonyl (C=O) groups is 2. The number of rotatable bonds is 4. The molecule has 0 saturated heterocycles. The molecule has 172 valence electrons. The fourth-order valence-corrected chi connectivity index (χ4v) is 6.56. The second-order valence-corrected chi connectivity index (χ2v) is 10.2. The van der Waals surface area contributed by atoms with E-state index in [1.807, 2.05) is 30.3 Å². The lowest BCUT2D eigenvalue weighted by molar-refractivity contribution is 0.0574. The van der Waals surface area contributed by atoms with E-state index in [4.69, 9.17) is 10.1 Å². The second-order valence-electron chi connectivity index (χ2n) is 9.11. The molecule has 3 aromatic heterocycles. The Balaban J connectivity index is 1.40. The summed E-state index contributed by atoms with van der Waals surface area (Å²) < 4.78 is 1.70. The maximum atomic E-state index is 13.4. The third-order valence-electron chi connectivity index (χ3n) is 7.02. The molecule has 0 radical (unpaired) electrons. The summed E-state index contributed by atoms with van der Waals surface area (Å²) in [5, 5.41) is 5.83. The minimum Gasteiger partial charge on any atom is -0.269 e. The lowest BCUT2D eigenvalue weighted by atomic mass is 9.97. The molecule has 0 N–H and O–H groups in total. The van der Waals surface area contributed by atoms with Crippen LogP contribution in [0.25, 0.3) is 15.9 Å². The molecule has 35 heavy (non-hydrogen) atoms. The van der Waals surface area contributed by atoms with Gasteiger partial charge < -0.3 is 0 Å². The first-order valence-electron chi connectivity index (χ1n) is 11.9. The highest BCUT2D eigenvalue weighted by atomic mass is 32.1. The fraction of sp³-hybridized carbons (Fsp3) is 0.222. The highest BCUT2D eigenvalue weighted by Crippen LogP contribution is 2.38. The first kappa shape index (κ1) is 20.5. The summed E-state index contributed by atoms with van der Waals surface area (Å²) in [6, 6.07) is 16.2. The van der Waals surface area contributed by atoms with Gasteiger partial charge in [0, 0.05) is 11.3 Å². The SMILES string of the molecule is O=C1c2ccccc2C(=O)N1[C@H](Cc1ccccc1)c1nc2c3c4c(sc3ncn2n1)CCCC4. The van der Waals surface area contributed by atoms with Crippen molar-refractivity contribution in [3.8, 4) is 0 Å². The van der Waals surface area contributed by atoms with Gasteiger partial charge in [-0.05, 0) is 48.9 Å². The van der Waals surface area contributed by atoms with Crippen molar-refractivity contribution in [2.45, 2.75) is 38.1 Å². The maximum Gasteiger partial charge on any atom is 0.262 e. The van der Waals surface area contributed by atoms with Crippen molar-refractivity contribution < 1.29 is 9.59 Å². The summed E-state index contributed by atoms with van der Waals surface area (Å²) in [6.45, 7) is 0. The van der Waals surface area contributed by atoms with E-state index in [0.717, 1.165) is 40.7 Å². The van der Waals surface area contributed by atoms with Crippen molar-refractivity contribution in [1.29, 1.82) is 0 Å². The molecule has 7 nitrogen and oxygen atoms in total. The minimum atomic E-state index is -0.630. The molecule has 1 atom stereocenters. The Bertz CT molecular complexity index is 1600. The van der Waals surface area contributed by atoms with Gasteiger partial charge >= 0.3 is 0 Å². The topological polar surface area (TPSA) is 80.5 Å². The van der Waals surface area contributed by atoms with Crippen molar-refractivity contribution in [3.63, 3.8) is 0 Å². The molecular weight excluding hydrogens is 458 g/mol. The molecule has 2 amide bonds.